The van der Waals surface area contributed by atoms with Crippen molar-refractivity contribution in [2.75, 3.05) is 5.32 Å². The van der Waals surface area contributed by atoms with Gasteiger partial charge in [0.15, 0.2) is 5.82 Å². The molecule has 0 saturated carbocycles. The van der Waals surface area contributed by atoms with Crippen molar-refractivity contribution in [2.45, 2.75) is 0 Å². The molecule has 1 aromatic carbocycles. The van der Waals surface area contributed by atoms with Crippen molar-refractivity contribution >= 4 is 23.3 Å². The van der Waals surface area contributed by atoms with Crippen LogP contribution in [0, 0.1) is 5.82 Å². The van der Waals surface area contributed by atoms with Crippen LogP contribution in [0.25, 0.3) is 0 Å². The van der Waals surface area contributed by atoms with Gasteiger partial charge in [-0.25, -0.2) is 9.37 Å². The molecular weight excluding hydrogens is 259 g/mol. The van der Waals surface area contributed by atoms with E-state index in [9.17, 15) is 14.3 Å². The number of anilines is 1. The first-order valence-corrected chi connectivity index (χ1v) is 5.36. The number of nitrogens with one attached hydrogen (secondary N) is 1. The van der Waals surface area contributed by atoms with Crippen molar-refractivity contribution in [1.29, 1.82) is 0 Å². The molecule has 0 bridgehead atoms. The van der Waals surface area contributed by atoms with Crippen molar-refractivity contribution in [2.24, 2.45) is 0 Å². The van der Waals surface area contributed by atoms with Gasteiger partial charge in [-0.05, 0) is 24.3 Å². The number of pyridine rings is 1. The van der Waals surface area contributed by atoms with E-state index in [1.165, 1.54) is 24.4 Å². The van der Waals surface area contributed by atoms with E-state index in [1.807, 2.05) is 0 Å². The molecule has 0 aliphatic heterocycles. The summed E-state index contributed by atoms with van der Waals surface area (Å²) in [7, 11) is 0. The Morgan fingerprint density at radius 3 is 2.78 bits per heavy atom. The average molecular weight is 267 g/mol. The van der Waals surface area contributed by atoms with Crippen LogP contribution in [0.2, 0.25) is 5.02 Å². The van der Waals surface area contributed by atoms with Gasteiger partial charge in [0, 0.05) is 6.20 Å². The van der Waals surface area contributed by atoms with Crippen molar-refractivity contribution in [3.63, 3.8) is 0 Å². The summed E-state index contributed by atoms with van der Waals surface area (Å²) in [6.07, 6.45) is 1.43. The Bertz CT molecular complexity index is 584. The van der Waals surface area contributed by atoms with Gasteiger partial charge >= 0.3 is 0 Å². The summed E-state index contributed by atoms with van der Waals surface area (Å²) >= 11 is 5.80. The number of nitrogens with zero attached hydrogens (tertiary/aromatic N) is 1. The predicted molar refractivity (Wildman–Crippen MR) is 65.3 cm³/mol. The van der Waals surface area contributed by atoms with Crippen LogP contribution in [-0.2, 0) is 0 Å². The summed E-state index contributed by atoms with van der Waals surface area (Å²) in [5.41, 5.74) is -0.445. The van der Waals surface area contributed by atoms with Crippen molar-refractivity contribution in [3.8, 4) is 5.75 Å². The first-order valence-electron chi connectivity index (χ1n) is 4.99. The largest absolute Gasteiger partial charge is 0.507 e. The lowest BCUT2D eigenvalue weighted by Crippen LogP contribution is -2.15. The van der Waals surface area contributed by atoms with E-state index < -0.39 is 23.0 Å². The van der Waals surface area contributed by atoms with E-state index in [0.717, 1.165) is 6.07 Å². The molecule has 1 aromatic heterocycles. The van der Waals surface area contributed by atoms with Gasteiger partial charge in [-0.2, -0.15) is 0 Å². The first kappa shape index (κ1) is 12.3. The summed E-state index contributed by atoms with van der Waals surface area (Å²) in [6, 6.07) is 6.73. The van der Waals surface area contributed by atoms with Crippen LogP contribution in [-0.4, -0.2) is 16.0 Å². The number of rotatable bonds is 2. The molecule has 0 radical (unpaired) electrons. The molecule has 4 nitrogen and oxygen atoms in total. The van der Waals surface area contributed by atoms with Gasteiger partial charge in [-0.15, -0.1) is 0 Å². The molecule has 0 atom stereocenters. The van der Waals surface area contributed by atoms with Gasteiger partial charge in [0.1, 0.15) is 17.1 Å². The standard InChI is InChI=1S/C12H8ClFN2O2/c13-7-3-2-6-15-11(7)16-12(18)10-8(14)4-1-5-9(10)17/h1-6,17H,(H,15,16,18). The van der Waals surface area contributed by atoms with E-state index in [4.69, 9.17) is 11.6 Å². The normalized spacial score (nSPS) is 10.1. The fraction of sp³-hybridized carbons (Fsp3) is 0. The van der Waals surface area contributed by atoms with Crippen LogP contribution < -0.4 is 5.32 Å². The minimum Gasteiger partial charge on any atom is -0.507 e. The summed E-state index contributed by atoms with van der Waals surface area (Å²) in [6.45, 7) is 0. The van der Waals surface area contributed by atoms with Gasteiger partial charge in [0.25, 0.3) is 5.91 Å². The molecule has 0 saturated heterocycles. The second-order valence-electron chi connectivity index (χ2n) is 3.42. The molecule has 2 rings (SSSR count). The lowest BCUT2D eigenvalue weighted by atomic mass is 10.1. The number of aromatic hydroxyl groups is 1. The predicted octanol–water partition coefficient (Wildman–Crippen LogP) is 2.83. The maximum atomic E-state index is 13.4. The molecule has 92 valence electrons. The highest BCUT2D eigenvalue weighted by molar-refractivity contribution is 6.33. The molecular formula is C12H8ClFN2O2. The van der Waals surface area contributed by atoms with E-state index in [-0.39, 0.29) is 10.8 Å². The van der Waals surface area contributed by atoms with Gasteiger partial charge in [-0.1, -0.05) is 17.7 Å². The Balaban J connectivity index is 2.31. The van der Waals surface area contributed by atoms with Crippen molar-refractivity contribution < 1.29 is 14.3 Å². The third-order valence-electron chi connectivity index (χ3n) is 2.21. The Morgan fingerprint density at radius 1 is 1.33 bits per heavy atom. The van der Waals surface area contributed by atoms with Crippen LogP contribution in [0.15, 0.2) is 36.5 Å². The fourth-order valence-electron chi connectivity index (χ4n) is 1.39. The number of amides is 1. The van der Waals surface area contributed by atoms with Gasteiger partial charge < -0.3 is 10.4 Å². The van der Waals surface area contributed by atoms with Crippen LogP contribution >= 0.6 is 11.6 Å². The van der Waals surface area contributed by atoms with Crippen LogP contribution in [0.1, 0.15) is 10.4 Å². The van der Waals surface area contributed by atoms with E-state index in [0.29, 0.717) is 0 Å². The number of hydrogen-bond acceptors (Lipinski definition) is 3. The molecule has 1 amide bonds. The van der Waals surface area contributed by atoms with Gasteiger partial charge in [0.2, 0.25) is 0 Å². The smallest absolute Gasteiger partial charge is 0.263 e. The lowest BCUT2D eigenvalue weighted by molar-refractivity contribution is 0.102. The van der Waals surface area contributed by atoms with Crippen molar-refractivity contribution in [1.82, 2.24) is 4.98 Å². The minimum absolute atomic E-state index is 0.104. The summed E-state index contributed by atoms with van der Waals surface area (Å²) < 4.78 is 13.4. The average Bonchev–Trinajstić information content (AvgIpc) is 2.32. The second kappa shape index (κ2) is 5.01. The number of phenolic OH excluding ortho intramolecular Hbond substituents is 1. The zero-order valence-corrected chi connectivity index (χ0v) is 9.78. The number of carbonyl (C=O) groups excluding carboxylic acids is 1. The Hall–Kier alpha value is -2.14. The molecule has 0 aliphatic carbocycles. The molecule has 18 heavy (non-hydrogen) atoms. The monoisotopic (exact) mass is 266 g/mol. The van der Waals surface area contributed by atoms with Gasteiger partial charge in [0.05, 0.1) is 5.02 Å². The molecule has 0 fully saturated rings. The molecule has 6 heteroatoms. The zero-order valence-electron chi connectivity index (χ0n) is 9.02. The summed E-state index contributed by atoms with van der Waals surface area (Å²) in [5.74, 6) is -1.97. The number of phenols is 1. The highest BCUT2D eigenvalue weighted by Crippen LogP contribution is 2.23. The molecule has 0 unspecified atom stereocenters. The molecule has 1 heterocycles. The summed E-state index contributed by atoms with van der Waals surface area (Å²) in [4.78, 5) is 15.6. The lowest BCUT2D eigenvalue weighted by Gasteiger charge is -2.07. The zero-order chi connectivity index (χ0) is 13.1. The minimum atomic E-state index is -0.820. The Kier molecular flexibility index (Phi) is 3.43. The SMILES string of the molecule is O=C(Nc1ncccc1Cl)c1c(O)cccc1F. The van der Waals surface area contributed by atoms with E-state index in [1.54, 1.807) is 6.07 Å². The topological polar surface area (TPSA) is 62.2 Å². The maximum absolute atomic E-state index is 13.4. The number of hydrogen-bond donors (Lipinski definition) is 2. The van der Waals surface area contributed by atoms with E-state index in [2.05, 4.69) is 10.3 Å². The quantitative estimate of drug-likeness (QED) is 0.879. The van der Waals surface area contributed by atoms with Crippen molar-refractivity contribution in [3.05, 3.63) is 52.9 Å². The number of aromatic nitrogens is 1. The molecule has 0 spiro atoms. The van der Waals surface area contributed by atoms with Gasteiger partial charge in [-0.3, -0.25) is 4.79 Å². The highest BCUT2D eigenvalue weighted by Gasteiger charge is 2.17. The number of halogens is 2. The van der Waals surface area contributed by atoms with Crippen LogP contribution in [0.4, 0.5) is 10.2 Å². The fourth-order valence-corrected chi connectivity index (χ4v) is 1.55. The molecule has 2 N–H and O–H groups in total. The Labute approximate surface area is 107 Å². The van der Waals surface area contributed by atoms with Crippen LogP contribution in [0.5, 0.6) is 5.75 Å². The summed E-state index contributed by atoms with van der Waals surface area (Å²) in [5, 5.41) is 12.0. The first-order chi connectivity index (χ1) is 8.59. The third kappa shape index (κ3) is 2.41. The molecule has 0 aliphatic rings. The van der Waals surface area contributed by atoms with Crippen LogP contribution in [0.3, 0.4) is 0 Å². The highest BCUT2D eigenvalue weighted by atomic mass is 35.5. The number of carbonyl (C=O) groups is 1. The second-order valence-corrected chi connectivity index (χ2v) is 3.83. The maximum Gasteiger partial charge on any atom is 0.263 e. The molecule has 2 aromatic rings. The Morgan fingerprint density at radius 2 is 2.11 bits per heavy atom. The number of benzene rings is 1. The van der Waals surface area contributed by atoms with E-state index >= 15 is 0 Å². The third-order valence-corrected chi connectivity index (χ3v) is 2.51.